The Kier molecular flexibility index (Phi) is 9.37. The van der Waals surface area contributed by atoms with Gasteiger partial charge < -0.3 is 29.3 Å². The van der Waals surface area contributed by atoms with Crippen LogP contribution in [0.3, 0.4) is 0 Å². The molecule has 0 aromatic carbocycles. The molecule has 9 nitrogen and oxygen atoms in total. The van der Waals surface area contributed by atoms with Gasteiger partial charge in [-0.25, -0.2) is 8.42 Å². The number of rotatable bonds is 6. The maximum atomic E-state index is 10.6. The first-order valence-electron chi connectivity index (χ1n) is 6.04. The van der Waals surface area contributed by atoms with Gasteiger partial charge >= 0.3 is 29.6 Å². The molecule has 1 aliphatic rings. The predicted octanol–water partition coefficient (Wildman–Crippen LogP) is -5.05. The van der Waals surface area contributed by atoms with Crippen LogP contribution < -0.4 is 29.6 Å². The summed E-state index contributed by atoms with van der Waals surface area (Å²) in [5, 5.41) is 28.7. The molecule has 3 N–H and O–H groups in total. The van der Waals surface area contributed by atoms with Gasteiger partial charge in [0.2, 0.25) is 10.4 Å². The topological polar surface area (TPSA) is 146 Å². The van der Waals surface area contributed by atoms with Gasteiger partial charge in [0.1, 0.15) is 24.4 Å². The zero-order valence-electron chi connectivity index (χ0n) is 12.1. The summed E-state index contributed by atoms with van der Waals surface area (Å²) in [5.74, 6) is 0.104. The Morgan fingerprint density at radius 2 is 1.86 bits per heavy atom. The fraction of sp³-hybridized carbons (Fsp3) is 1.00. The van der Waals surface area contributed by atoms with Crippen molar-refractivity contribution in [3.63, 3.8) is 0 Å². The fourth-order valence-electron chi connectivity index (χ4n) is 1.73. The second-order valence-electron chi connectivity index (χ2n) is 4.90. The number of aliphatic hydroxyl groups excluding tert-OH is 3. The van der Waals surface area contributed by atoms with Crippen molar-refractivity contribution >= 4 is 10.4 Å². The second-order valence-corrected chi connectivity index (χ2v) is 5.91. The summed E-state index contributed by atoms with van der Waals surface area (Å²) >= 11 is 0. The van der Waals surface area contributed by atoms with E-state index >= 15 is 0 Å². The van der Waals surface area contributed by atoms with Crippen molar-refractivity contribution in [1.29, 1.82) is 0 Å². The van der Waals surface area contributed by atoms with Gasteiger partial charge in [0, 0.05) is 0 Å². The molecule has 21 heavy (non-hydrogen) atoms. The maximum Gasteiger partial charge on any atom is 1.00 e. The minimum atomic E-state index is -5.14. The fourth-order valence-corrected chi connectivity index (χ4v) is 2.23. The van der Waals surface area contributed by atoms with Crippen molar-refractivity contribution < 1.29 is 71.5 Å². The Balaban J connectivity index is 0.00000400. The summed E-state index contributed by atoms with van der Waals surface area (Å²) in [4.78, 5) is 0. The van der Waals surface area contributed by atoms with Crippen LogP contribution in [0.15, 0.2) is 0 Å². The summed E-state index contributed by atoms with van der Waals surface area (Å²) < 4.78 is 46.3. The van der Waals surface area contributed by atoms with Gasteiger partial charge in [-0.3, -0.25) is 4.18 Å². The SMILES string of the molecule is CC(C)CO[C@H]1O[C@H](CO)[C@H](O)[C@@H](OS(=O)(=O)[O-])[C@H]1O.[Na+]. The summed E-state index contributed by atoms with van der Waals surface area (Å²) in [6.45, 7) is 3.20. The van der Waals surface area contributed by atoms with E-state index in [0.717, 1.165) is 0 Å². The first kappa shape index (κ1) is 21.7. The molecule has 120 valence electrons. The minimum absolute atomic E-state index is 0. The molecular weight excluding hydrogens is 319 g/mol. The number of hydrogen-bond acceptors (Lipinski definition) is 9. The predicted molar refractivity (Wildman–Crippen MR) is 63.1 cm³/mol. The Morgan fingerprint density at radius 3 is 2.29 bits per heavy atom. The van der Waals surface area contributed by atoms with Gasteiger partial charge in [0.05, 0.1) is 13.2 Å². The first-order chi connectivity index (χ1) is 9.15. The van der Waals surface area contributed by atoms with E-state index in [1.807, 2.05) is 13.8 Å². The monoisotopic (exact) mass is 338 g/mol. The van der Waals surface area contributed by atoms with Crippen LogP contribution in [0.1, 0.15) is 13.8 Å². The quantitative estimate of drug-likeness (QED) is 0.246. The van der Waals surface area contributed by atoms with E-state index in [1.54, 1.807) is 0 Å². The Bertz CT molecular complexity index is 401. The average molecular weight is 338 g/mol. The van der Waals surface area contributed by atoms with Crippen molar-refractivity contribution in [3.8, 4) is 0 Å². The van der Waals surface area contributed by atoms with Crippen molar-refractivity contribution in [3.05, 3.63) is 0 Å². The zero-order chi connectivity index (χ0) is 15.5. The molecule has 5 atom stereocenters. The van der Waals surface area contributed by atoms with Crippen molar-refractivity contribution in [1.82, 2.24) is 0 Å². The standard InChI is InChI=1S/C10H20O9S.Na/c1-5(2)4-17-10-8(13)9(19-20(14,15)16)7(12)6(3-11)18-10;/h5-13H,3-4H2,1-2H3,(H,14,15,16);/q;+1/p-1/t6-,7+,8-,9-,10+;/m1./s1. The summed E-state index contributed by atoms with van der Waals surface area (Å²) in [5.41, 5.74) is 0. The molecule has 0 radical (unpaired) electrons. The summed E-state index contributed by atoms with van der Waals surface area (Å²) in [6, 6.07) is 0. The third-order valence-corrected chi connectivity index (χ3v) is 3.10. The van der Waals surface area contributed by atoms with Gasteiger partial charge in [-0.05, 0) is 5.92 Å². The third kappa shape index (κ3) is 6.75. The molecule has 0 bridgehead atoms. The molecule has 0 spiro atoms. The van der Waals surface area contributed by atoms with Crippen LogP contribution in [-0.2, 0) is 24.1 Å². The van der Waals surface area contributed by atoms with Gasteiger partial charge in [0.15, 0.2) is 6.29 Å². The average Bonchev–Trinajstić information content (AvgIpc) is 2.32. The van der Waals surface area contributed by atoms with Crippen molar-refractivity contribution in [2.75, 3.05) is 13.2 Å². The molecule has 1 rings (SSSR count). The van der Waals surface area contributed by atoms with Crippen LogP contribution in [-0.4, -0.2) is 72.2 Å². The minimum Gasteiger partial charge on any atom is -0.726 e. The van der Waals surface area contributed by atoms with Crippen molar-refractivity contribution in [2.45, 2.75) is 44.6 Å². The first-order valence-corrected chi connectivity index (χ1v) is 7.37. The zero-order valence-corrected chi connectivity index (χ0v) is 14.9. The normalized spacial score (nSPS) is 33.8. The largest absolute Gasteiger partial charge is 1.00 e. The Hall–Kier alpha value is 0.670. The van der Waals surface area contributed by atoms with E-state index in [-0.39, 0.29) is 42.1 Å². The number of aliphatic hydroxyl groups is 3. The van der Waals surface area contributed by atoms with Crippen LogP contribution in [0, 0.1) is 5.92 Å². The maximum absolute atomic E-state index is 10.6. The van der Waals surface area contributed by atoms with Gasteiger partial charge in [-0.1, -0.05) is 13.8 Å². The van der Waals surface area contributed by atoms with Crippen LogP contribution in [0.5, 0.6) is 0 Å². The van der Waals surface area contributed by atoms with Crippen LogP contribution >= 0.6 is 0 Å². The molecule has 0 aromatic heterocycles. The molecule has 0 saturated carbocycles. The van der Waals surface area contributed by atoms with Crippen molar-refractivity contribution in [2.24, 2.45) is 5.92 Å². The van der Waals surface area contributed by atoms with E-state index in [0.29, 0.717) is 0 Å². The van der Waals surface area contributed by atoms with E-state index < -0.39 is 47.7 Å². The van der Waals surface area contributed by atoms with Crippen LogP contribution in [0.4, 0.5) is 0 Å². The molecular formula is C10H19NaO9S. The molecule has 0 unspecified atom stereocenters. The molecule has 1 aliphatic heterocycles. The van der Waals surface area contributed by atoms with Crippen LogP contribution in [0.2, 0.25) is 0 Å². The Morgan fingerprint density at radius 1 is 1.29 bits per heavy atom. The van der Waals surface area contributed by atoms with Gasteiger partial charge in [-0.2, -0.15) is 0 Å². The molecule has 1 heterocycles. The molecule has 1 fully saturated rings. The van der Waals surface area contributed by atoms with Crippen LogP contribution in [0.25, 0.3) is 0 Å². The molecule has 1 saturated heterocycles. The third-order valence-electron chi connectivity index (χ3n) is 2.64. The van der Waals surface area contributed by atoms with E-state index in [1.165, 1.54) is 0 Å². The summed E-state index contributed by atoms with van der Waals surface area (Å²) in [7, 11) is -5.14. The van der Waals surface area contributed by atoms with E-state index in [9.17, 15) is 23.2 Å². The van der Waals surface area contributed by atoms with E-state index in [2.05, 4.69) is 4.18 Å². The molecule has 0 aliphatic carbocycles. The Labute approximate surface area is 145 Å². The van der Waals surface area contributed by atoms with E-state index in [4.69, 9.17) is 14.6 Å². The molecule has 11 heteroatoms. The number of ether oxygens (including phenoxy) is 2. The number of hydrogen-bond donors (Lipinski definition) is 3. The van der Waals surface area contributed by atoms with Gasteiger partial charge in [-0.15, -0.1) is 0 Å². The van der Waals surface area contributed by atoms with Gasteiger partial charge in [0.25, 0.3) is 0 Å². The molecule has 0 aromatic rings. The smallest absolute Gasteiger partial charge is 0.726 e. The summed E-state index contributed by atoms with van der Waals surface area (Å²) in [6.07, 6.45) is -7.68. The second kappa shape index (κ2) is 9.08. The molecule has 0 amide bonds.